The summed E-state index contributed by atoms with van der Waals surface area (Å²) >= 11 is 0. The van der Waals surface area contributed by atoms with Gasteiger partial charge in [0.25, 0.3) is 0 Å². The SMILES string of the molecule is c1ccc(-c2cccc(C3=C4Oc5ccccc5C4NC(c4ccc5c(c4)C4(c6ccccc6-c6ccccc64)c4c-5c(-c5ccccc5)cc5ccccc45)=N3)c2)cc1. The molecule has 4 aliphatic rings. The van der Waals surface area contributed by atoms with Gasteiger partial charge in [-0.1, -0.05) is 182 Å². The highest BCUT2D eigenvalue weighted by Crippen LogP contribution is 2.65. The highest BCUT2D eigenvalue weighted by Gasteiger charge is 2.53. The molecule has 2 aliphatic carbocycles. The maximum Gasteiger partial charge on any atom is 0.157 e. The quantitative estimate of drug-likeness (QED) is 0.194. The van der Waals surface area contributed by atoms with E-state index in [1.165, 1.54) is 72.0 Å². The van der Waals surface area contributed by atoms with Crippen LogP contribution < -0.4 is 10.1 Å². The Hall–Kier alpha value is -7.75. The van der Waals surface area contributed by atoms with Gasteiger partial charge in [0.1, 0.15) is 23.3 Å². The fourth-order valence-electron chi connectivity index (χ4n) is 10.6. The number of fused-ring (bicyclic) bond motifs is 15. The van der Waals surface area contributed by atoms with Crippen LogP contribution in [-0.4, -0.2) is 5.84 Å². The topological polar surface area (TPSA) is 33.6 Å². The van der Waals surface area contributed by atoms with Gasteiger partial charge in [0.2, 0.25) is 0 Å². The van der Waals surface area contributed by atoms with Crippen LogP contribution in [0, 0.1) is 0 Å². The Morgan fingerprint density at radius 2 is 1.10 bits per heavy atom. The van der Waals surface area contributed by atoms with Gasteiger partial charge in [0, 0.05) is 16.7 Å². The molecule has 0 aromatic heterocycles. The smallest absolute Gasteiger partial charge is 0.157 e. The van der Waals surface area contributed by atoms with E-state index in [1.54, 1.807) is 0 Å². The molecule has 0 bridgehead atoms. The number of nitrogens with zero attached hydrogens (tertiary/aromatic N) is 1. The van der Waals surface area contributed by atoms with Gasteiger partial charge in [-0.25, -0.2) is 4.99 Å². The molecule has 1 atom stereocenters. The Morgan fingerprint density at radius 1 is 0.450 bits per heavy atom. The van der Waals surface area contributed by atoms with Crippen molar-refractivity contribution < 1.29 is 4.74 Å². The summed E-state index contributed by atoms with van der Waals surface area (Å²) in [6.07, 6.45) is 0. The Bertz CT molecular complexity index is 3280. The lowest BCUT2D eigenvalue weighted by atomic mass is 9.69. The van der Waals surface area contributed by atoms with Crippen LogP contribution in [0.2, 0.25) is 0 Å². The minimum Gasteiger partial charge on any atom is -0.456 e. The normalized spacial score (nSPS) is 15.9. The summed E-state index contributed by atoms with van der Waals surface area (Å²) in [7, 11) is 0. The molecule has 0 saturated carbocycles. The molecule has 13 rings (SSSR count). The van der Waals surface area contributed by atoms with Crippen molar-refractivity contribution in [2.45, 2.75) is 11.5 Å². The second kappa shape index (κ2) is 12.6. The summed E-state index contributed by atoms with van der Waals surface area (Å²) in [6, 6.07) is 74.9. The zero-order chi connectivity index (χ0) is 39.4. The molecule has 1 unspecified atom stereocenters. The van der Waals surface area contributed by atoms with E-state index < -0.39 is 5.41 Å². The number of rotatable bonds is 4. The first-order valence-corrected chi connectivity index (χ1v) is 20.7. The molecular formula is C57H36N2O. The Kier molecular flexibility index (Phi) is 6.99. The molecule has 280 valence electrons. The number of aliphatic imine (C=N–C) groups is 1. The van der Waals surface area contributed by atoms with Crippen molar-refractivity contribution in [3.63, 3.8) is 0 Å². The molecule has 0 fully saturated rings. The highest BCUT2D eigenvalue weighted by molar-refractivity contribution is 6.11. The van der Waals surface area contributed by atoms with Crippen molar-refractivity contribution in [1.29, 1.82) is 0 Å². The zero-order valence-corrected chi connectivity index (χ0v) is 32.6. The van der Waals surface area contributed by atoms with Gasteiger partial charge in [0.05, 0.1) is 5.41 Å². The Morgan fingerprint density at radius 3 is 1.90 bits per heavy atom. The van der Waals surface area contributed by atoms with Gasteiger partial charge in [-0.2, -0.15) is 0 Å². The van der Waals surface area contributed by atoms with E-state index in [9.17, 15) is 0 Å². The van der Waals surface area contributed by atoms with Crippen LogP contribution in [0.4, 0.5) is 0 Å². The fourth-order valence-corrected chi connectivity index (χ4v) is 10.6. The minimum absolute atomic E-state index is 0.190. The predicted molar refractivity (Wildman–Crippen MR) is 244 cm³/mol. The van der Waals surface area contributed by atoms with Crippen LogP contribution in [0.3, 0.4) is 0 Å². The van der Waals surface area contributed by atoms with E-state index in [2.05, 4.69) is 206 Å². The summed E-state index contributed by atoms with van der Waals surface area (Å²) in [5.74, 6) is 2.51. The molecule has 0 amide bonds. The first-order valence-electron chi connectivity index (χ1n) is 20.7. The van der Waals surface area contributed by atoms with Gasteiger partial charge in [0.15, 0.2) is 5.76 Å². The summed E-state index contributed by atoms with van der Waals surface area (Å²) in [5, 5.41) is 6.41. The Labute approximate surface area is 348 Å². The number of para-hydroxylation sites is 1. The van der Waals surface area contributed by atoms with E-state index in [1.807, 2.05) is 6.07 Å². The van der Waals surface area contributed by atoms with Gasteiger partial charge in [-0.05, 0) is 102 Å². The maximum atomic E-state index is 6.68. The molecule has 2 heterocycles. The van der Waals surface area contributed by atoms with Crippen molar-refractivity contribution in [3.05, 3.63) is 251 Å². The van der Waals surface area contributed by atoms with Gasteiger partial charge in [-0.15, -0.1) is 0 Å². The lowest BCUT2D eigenvalue weighted by Gasteiger charge is -2.32. The summed E-state index contributed by atoms with van der Waals surface area (Å²) < 4.78 is 6.68. The molecule has 3 heteroatoms. The van der Waals surface area contributed by atoms with Crippen molar-refractivity contribution in [1.82, 2.24) is 5.32 Å². The number of ether oxygens (including phenoxy) is 1. The number of hydrogen-bond donors (Lipinski definition) is 1. The van der Waals surface area contributed by atoms with Crippen LogP contribution >= 0.6 is 0 Å². The number of hydrogen-bond acceptors (Lipinski definition) is 3. The predicted octanol–water partition coefficient (Wildman–Crippen LogP) is 13.4. The van der Waals surface area contributed by atoms with E-state index in [0.29, 0.717) is 0 Å². The first-order chi connectivity index (χ1) is 29.8. The lowest BCUT2D eigenvalue weighted by molar-refractivity contribution is 0.420. The molecule has 1 spiro atoms. The average Bonchev–Trinajstić information content (AvgIpc) is 3.96. The third-order valence-corrected chi connectivity index (χ3v) is 13.1. The van der Waals surface area contributed by atoms with E-state index >= 15 is 0 Å². The van der Waals surface area contributed by atoms with Gasteiger partial charge >= 0.3 is 0 Å². The third kappa shape index (κ3) is 4.57. The minimum atomic E-state index is -0.565. The Balaban J connectivity index is 1.09. The molecule has 1 N–H and O–H groups in total. The van der Waals surface area contributed by atoms with Gasteiger partial charge in [-0.3, -0.25) is 0 Å². The second-order valence-electron chi connectivity index (χ2n) is 16.2. The zero-order valence-electron chi connectivity index (χ0n) is 32.6. The largest absolute Gasteiger partial charge is 0.456 e. The van der Waals surface area contributed by atoms with Crippen molar-refractivity contribution in [2.75, 3.05) is 0 Å². The molecule has 60 heavy (non-hydrogen) atoms. The first kappa shape index (κ1) is 33.2. The maximum absolute atomic E-state index is 6.68. The summed E-state index contributed by atoms with van der Waals surface area (Å²) in [5.41, 5.74) is 18.6. The van der Waals surface area contributed by atoms with Crippen LogP contribution in [0.15, 0.2) is 217 Å². The monoisotopic (exact) mass is 764 g/mol. The van der Waals surface area contributed by atoms with Crippen molar-refractivity contribution in [2.24, 2.45) is 4.99 Å². The molecular weight excluding hydrogens is 729 g/mol. The summed E-state index contributed by atoms with van der Waals surface area (Å²) in [6.45, 7) is 0. The molecule has 3 nitrogen and oxygen atoms in total. The van der Waals surface area contributed by atoms with E-state index in [4.69, 9.17) is 9.73 Å². The number of benzene rings is 9. The lowest BCUT2D eigenvalue weighted by Crippen LogP contribution is -2.33. The standard InChI is InChI=1S/C57H36N2O/c1-3-16-35(17-4-1)37-21-15-22-39(32-37)53-55-54(45-26-11-14-29-50(45)60-55)59-56(58-53)40-30-31-44-49(34-40)57(47-27-12-9-24-42(47)43-25-10-13-28-48(43)57)52-41-23-8-7-20-38(41)33-46(51(44)52)36-18-5-2-6-19-36/h1-34,54H,(H,58,59). The van der Waals surface area contributed by atoms with Crippen LogP contribution in [0.1, 0.15) is 45.0 Å². The summed E-state index contributed by atoms with van der Waals surface area (Å²) in [4.78, 5) is 5.54. The molecule has 2 aliphatic heterocycles. The van der Waals surface area contributed by atoms with Crippen LogP contribution in [0.25, 0.3) is 61.0 Å². The average molecular weight is 765 g/mol. The fraction of sp³-hybridized carbons (Fsp3) is 0.0351. The highest BCUT2D eigenvalue weighted by atomic mass is 16.5. The molecule has 9 aromatic carbocycles. The molecule has 0 radical (unpaired) electrons. The van der Waals surface area contributed by atoms with Crippen molar-refractivity contribution >= 4 is 22.3 Å². The molecule has 9 aromatic rings. The van der Waals surface area contributed by atoms with Crippen LogP contribution in [0.5, 0.6) is 5.75 Å². The van der Waals surface area contributed by atoms with E-state index in [0.717, 1.165) is 45.3 Å². The van der Waals surface area contributed by atoms with Crippen LogP contribution in [-0.2, 0) is 5.41 Å². The third-order valence-electron chi connectivity index (χ3n) is 13.1. The van der Waals surface area contributed by atoms with Gasteiger partial charge < -0.3 is 10.1 Å². The second-order valence-corrected chi connectivity index (χ2v) is 16.2. The number of amidine groups is 1. The van der Waals surface area contributed by atoms with E-state index in [-0.39, 0.29) is 6.04 Å². The van der Waals surface area contributed by atoms with Crippen molar-refractivity contribution in [3.8, 4) is 50.3 Å². The number of nitrogens with one attached hydrogen (secondary N) is 1. The molecule has 0 saturated heterocycles.